The van der Waals surface area contributed by atoms with Crippen LogP contribution in [0, 0.1) is 0 Å². The van der Waals surface area contributed by atoms with Crippen molar-refractivity contribution in [3.63, 3.8) is 0 Å². The van der Waals surface area contributed by atoms with E-state index in [1.807, 2.05) is 11.3 Å². The zero-order valence-electron chi connectivity index (χ0n) is 34.6. The average Bonchev–Trinajstić information content (AvgIpc) is 3.91. The lowest BCUT2D eigenvalue weighted by Gasteiger charge is -2.18. The largest absolute Gasteiger partial charge is 0.456 e. The van der Waals surface area contributed by atoms with Crippen LogP contribution in [0.1, 0.15) is 0 Å². The first-order valence-electron chi connectivity index (χ1n) is 22.0. The van der Waals surface area contributed by atoms with E-state index >= 15 is 0 Å². The number of furan rings is 1. The number of fused-ring (bicyclic) bond motifs is 11. The molecule has 12 aromatic carbocycles. The monoisotopic (exact) mass is 828 g/mol. The minimum Gasteiger partial charge on any atom is -0.456 e. The van der Waals surface area contributed by atoms with Crippen LogP contribution in [0.3, 0.4) is 0 Å². The summed E-state index contributed by atoms with van der Waals surface area (Å²) in [4.78, 5) is 0. The summed E-state index contributed by atoms with van der Waals surface area (Å²) >= 11 is 1.91. The molecule has 2 heteroatoms. The van der Waals surface area contributed by atoms with Crippen molar-refractivity contribution in [3.8, 4) is 44.5 Å². The predicted molar refractivity (Wildman–Crippen MR) is 276 cm³/mol. The van der Waals surface area contributed by atoms with Gasteiger partial charge in [0.15, 0.2) is 0 Å². The summed E-state index contributed by atoms with van der Waals surface area (Å²) in [5, 5.41) is 17.3. The van der Waals surface area contributed by atoms with Crippen LogP contribution in [0.5, 0.6) is 0 Å². The van der Waals surface area contributed by atoms with Crippen LogP contribution in [-0.2, 0) is 0 Å². The Morgan fingerprint density at radius 2 is 0.719 bits per heavy atom. The molecule has 0 amide bonds. The molecule has 296 valence electrons. The fourth-order valence-electron chi connectivity index (χ4n) is 10.9. The van der Waals surface area contributed by atoms with Gasteiger partial charge in [0.2, 0.25) is 0 Å². The van der Waals surface area contributed by atoms with E-state index in [4.69, 9.17) is 4.42 Å². The van der Waals surface area contributed by atoms with Crippen LogP contribution in [-0.4, -0.2) is 0 Å². The molecule has 0 radical (unpaired) electrons. The Bertz CT molecular complexity index is 4130. The molecule has 0 N–H and O–H groups in total. The van der Waals surface area contributed by atoms with Crippen LogP contribution >= 0.6 is 11.3 Å². The van der Waals surface area contributed by atoms with Gasteiger partial charge in [-0.1, -0.05) is 182 Å². The first-order chi connectivity index (χ1) is 31.7. The van der Waals surface area contributed by atoms with Crippen molar-refractivity contribution in [1.82, 2.24) is 0 Å². The van der Waals surface area contributed by atoms with E-state index in [0.29, 0.717) is 0 Å². The molecule has 14 rings (SSSR count). The van der Waals surface area contributed by atoms with Crippen molar-refractivity contribution in [2.45, 2.75) is 0 Å². The fraction of sp³-hybridized carbons (Fsp3) is 0. The van der Waals surface area contributed by atoms with Crippen molar-refractivity contribution >= 4 is 107 Å². The fourth-order valence-corrected chi connectivity index (χ4v) is 12.1. The molecule has 2 heterocycles. The Labute approximate surface area is 372 Å². The van der Waals surface area contributed by atoms with Crippen LogP contribution in [0.4, 0.5) is 0 Å². The van der Waals surface area contributed by atoms with Crippen molar-refractivity contribution in [2.75, 3.05) is 0 Å². The zero-order valence-corrected chi connectivity index (χ0v) is 35.4. The third-order valence-corrected chi connectivity index (χ3v) is 14.8. The Morgan fingerprint density at radius 3 is 1.31 bits per heavy atom. The molecule has 0 unspecified atom stereocenters. The van der Waals surface area contributed by atoms with Crippen LogP contribution < -0.4 is 0 Å². The average molecular weight is 829 g/mol. The Kier molecular flexibility index (Phi) is 7.63. The molecule has 2 aromatic heterocycles. The van der Waals surface area contributed by atoms with Gasteiger partial charge in [0, 0.05) is 36.5 Å². The highest BCUT2D eigenvalue weighted by Crippen LogP contribution is 2.50. The third-order valence-electron chi connectivity index (χ3n) is 13.6. The van der Waals surface area contributed by atoms with Crippen molar-refractivity contribution < 1.29 is 4.42 Å². The minimum absolute atomic E-state index is 0.907. The van der Waals surface area contributed by atoms with Gasteiger partial charge in [0.1, 0.15) is 11.2 Å². The van der Waals surface area contributed by atoms with Crippen molar-refractivity contribution in [2.24, 2.45) is 0 Å². The van der Waals surface area contributed by atoms with Gasteiger partial charge >= 0.3 is 0 Å². The lowest BCUT2D eigenvalue weighted by atomic mass is 9.85. The molecule has 1 nitrogen and oxygen atoms in total. The molecular formula is C62H36OS. The molecule has 0 fully saturated rings. The summed E-state index contributed by atoms with van der Waals surface area (Å²) in [5.41, 5.74) is 11.9. The van der Waals surface area contributed by atoms with Gasteiger partial charge in [-0.2, -0.15) is 0 Å². The maximum absolute atomic E-state index is 6.45. The second-order valence-corrected chi connectivity index (χ2v) is 18.1. The summed E-state index contributed by atoms with van der Waals surface area (Å²) in [6.45, 7) is 0. The lowest BCUT2D eigenvalue weighted by Crippen LogP contribution is -1.91. The second kappa shape index (κ2) is 13.7. The maximum atomic E-state index is 6.45. The van der Waals surface area contributed by atoms with E-state index in [1.54, 1.807) is 0 Å². The highest BCUT2D eigenvalue weighted by atomic mass is 32.1. The van der Waals surface area contributed by atoms with Gasteiger partial charge in [0.25, 0.3) is 0 Å². The van der Waals surface area contributed by atoms with E-state index in [2.05, 4.69) is 218 Å². The topological polar surface area (TPSA) is 13.1 Å². The summed E-state index contributed by atoms with van der Waals surface area (Å²) in [6, 6.07) is 80.5. The molecule has 0 saturated heterocycles. The van der Waals surface area contributed by atoms with Gasteiger partial charge in [-0.05, 0) is 129 Å². The molecule has 0 saturated carbocycles. The maximum Gasteiger partial charge on any atom is 0.136 e. The molecular weight excluding hydrogens is 793 g/mol. The summed E-state index contributed by atoms with van der Waals surface area (Å²) in [5.74, 6) is 0. The number of benzene rings is 12. The normalized spacial score (nSPS) is 12.1. The lowest BCUT2D eigenvalue weighted by molar-refractivity contribution is 0.669. The van der Waals surface area contributed by atoms with E-state index in [1.165, 1.54) is 119 Å². The number of rotatable bonds is 4. The molecule has 0 aliphatic rings. The van der Waals surface area contributed by atoms with Gasteiger partial charge in [0.05, 0.1) is 0 Å². The standard InChI is InChI=1S/C62H36OS/c1-2-15-37(16-3-1)58-46-23-10-12-25-48(46)61(49-26-13-11-24-47(49)58)51-28-14-27-50-54-35-41(30-32-57(54)64-62(50)51)60-44-21-8-6-19-42(44)59(43-20-7-9-22-45(43)60)40-29-31-55-52(34-40)53-33-38-17-4-5-18-39(38)36-56(53)63-55/h1-36H. The van der Waals surface area contributed by atoms with E-state index < -0.39 is 0 Å². The highest BCUT2D eigenvalue weighted by molar-refractivity contribution is 7.26. The summed E-state index contributed by atoms with van der Waals surface area (Å²) in [7, 11) is 0. The molecule has 64 heavy (non-hydrogen) atoms. The SMILES string of the molecule is c1ccc(-c2c3ccccc3c(-c3cccc4c3sc3ccc(-c5c6ccccc6c(-c6ccc7oc8cc9ccccc9cc8c7c6)c6ccccc56)cc34)c3ccccc23)cc1. The van der Waals surface area contributed by atoms with Crippen molar-refractivity contribution in [1.29, 1.82) is 0 Å². The van der Waals surface area contributed by atoms with Gasteiger partial charge in [-0.15, -0.1) is 11.3 Å². The van der Waals surface area contributed by atoms with Gasteiger partial charge < -0.3 is 4.42 Å². The highest BCUT2D eigenvalue weighted by Gasteiger charge is 2.22. The third kappa shape index (κ3) is 5.18. The molecule has 0 aliphatic carbocycles. The molecule has 0 atom stereocenters. The first kappa shape index (κ1) is 35.5. The predicted octanol–water partition coefficient (Wildman–Crippen LogP) is 18.4. The molecule has 0 bridgehead atoms. The summed E-state index contributed by atoms with van der Waals surface area (Å²) < 4.78 is 9.06. The van der Waals surface area contributed by atoms with Crippen LogP contribution in [0.2, 0.25) is 0 Å². The second-order valence-electron chi connectivity index (χ2n) is 17.1. The van der Waals surface area contributed by atoms with Gasteiger partial charge in [-0.25, -0.2) is 0 Å². The Balaban J connectivity index is 0.981. The number of hydrogen-bond donors (Lipinski definition) is 0. The van der Waals surface area contributed by atoms with Gasteiger partial charge in [-0.3, -0.25) is 0 Å². The van der Waals surface area contributed by atoms with Crippen LogP contribution in [0.25, 0.3) is 140 Å². The zero-order chi connectivity index (χ0) is 41.9. The Hall–Kier alpha value is -8.04. The summed E-state index contributed by atoms with van der Waals surface area (Å²) in [6.07, 6.45) is 0. The Morgan fingerprint density at radius 1 is 0.266 bits per heavy atom. The van der Waals surface area contributed by atoms with E-state index in [-0.39, 0.29) is 0 Å². The first-order valence-corrected chi connectivity index (χ1v) is 22.8. The number of hydrogen-bond acceptors (Lipinski definition) is 2. The molecule has 0 spiro atoms. The van der Waals surface area contributed by atoms with Crippen molar-refractivity contribution in [3.05, 3.63) is 218 Å². The van der Waals surface area contributed by atoms with E-state index in [9.17, 15) is 0 Å². The molecule has 0 aliphatic heterocycles. The van der Waals surface area contributed by atoms with E-state index in [0.717, 1.165) is 21.9 Å². The van der Waals surface area contributed by atoms with Crippen LogP contribution in [0.15, 0.2) is 223 Å². The smallest absolute Gasteiger partial charge is 0.136 e. The minimum atomic E-state index is 0.907. The quantitative estimate of drug-likeness (QED) is 0.161. The molecule has 14 aromatic rings. The number of thiophene rings is 1.